The molecule has 3 rings (SSSR count). The van der Waals surface area contributed by atoms with E-state index in [2.05, 4.69) is 18.1 Å². The minimum atomic E-state index is -0.382. The van der Waals surface area contributed by atoms with E-state index < -0.39 is 0 Å². The van der Waals surface area contributed by atoms with E-state index in [1.807, 2.05) is 31.5 Å². The molecule has 0 amide bonds. The van der Waals surface area contributed by atoms with Crippen molar-refractivity contribution in [3.63, 3.8) is 0 Å². The van der Waals surface area contributed by atoms with Crippen LogP contribution in [0.25, 0.3) is 16.6 Å². The lowest BCUT2D eigenvalue weighted by Crippen LogP contribution is -2.08. The van der Waals surface area contributed by atoms with Crippen LogP contribution in [-0.4, -0.2) is 35.0 Å². The second-order valence-electron chi connectivity index (χ2n) is 6.02. The third-order valence-corrected chi connectivity index (χ3v) is 4.32. The van der Waals surface area contributed by atoms with Gasteiger partial charge in [-0.1, -0.05) is 26.8 Å². The van der Waals surface area contributed by atoms with E-state index in [-0.39, 0.29) is 5.97 Å². The molecule has 0 saturated carbocycles. The molecule has 0 aromatic carbocycles. The van der Waals surface area contributed by atoms with E-state index in [1.165, 1.54) is 7.11 Å². The van der Waals surface area contributed by atoms with Crippen molar-refractivity contribution < 1.29 is 14.3 Å². The molecule has 2 heterocycles. The minimum absolute atomic E-state index is 0.382. The van der Waals surface area contributed by atoms with E-state index in [9.17, 15) is 4.79 Å². The minimum Gasteiger partial charge on any atom is -0.496 e. The Balaban J connectivity index is 0.00000126. The normalized spacial score (nSPS) is 13.4. The van der Waals surface area contributed by atoms with Crippen molar-refractivity contribution in [1.82, 2.24) is 14.8 Å². The number of ether oxygens (including phenoxy) is 2. The lowest BCUT2D eigenvalue weighted by Gasteiger charge is -2.16. The maximum atomic E-state index is 12.4. The van der Waals surface area contributed by atoms with Crippen LogP contribution in [0.2, 0.25) is 0 Å². The monoisotopic (exact) mass is 371 g/mol. The molecule has 27 heavy (non-hydrogen) atoms. The summed E-state index contributed by atoms with van der Waals surface area (Å²) >= 11 is 0. The zero-order chi connectivity index (χ0) is 20.0. The van der Waals surface area contributed by atoms with Crippen molar-refractivity contribution in [2.24, 2.45) is 0 Å². The molecule has 1 aliphatic carbocycles. The molecule has 0 radical (unpaired) electrons. The fraction of sp³-hybridized carbons (Fsp3) is 0.476. The molecule has 2 aromatic rings. The highest BCUT2D eigenvalue weighted by atomic mass is 16.5. The summed E-state index contributed by atoms with van der Waals surface area (Å²) in [6.07, 6.45) is 6.94. The Bertz CT molecular complexity index is 878. The molecule has 6 heteroatoms. The number of allylic oxidation sites excluding steroid dienone is 3. The molecular weight excluding hydrogens is 342 g/mol. The van der Waals surface area contributed by atoms with Gasteiger partial charge in [-0.3, -0.25) is 0 Å². The van der Waals surface area contributed by atoms with E-state index in [0.29, 0.717) is 16.9 Å². The van der Waals surface area contributed by atoms with Gasteiger partial charge < -0.3 is 9.47 Å². The Labute approximate surface area is 160 Å². The van der Waals surface area contributed by atoms with Crippen molar-refractivity contribution in [3.05, 3.63) is 40.9 Å². The highest BCUT2D eigenvalue weighted by Crippen LogP contribution is 2.31. The Hall–Kier alpha value is -2.63. The Morgan fingerprint density at radius 2 is 1.93 bits per heavy atom. The molecule has 0 saturated heterocycles. The van der Waals surface area contributed by atoms with Gasteiger partial charge >= 0.3 is 5.97 Å². The summed E-state index contributed by atoms with van der Waals surface area (Å²) in [7, 11) is 3.04. The number of carbonyl (C=O) groups is 1. The van der Waals surface area contributed by atoms with Crippen LogP contribution in [0.5, 0.6) is 0 Å². The number of methoxy groups -OCH3 is 2. The number of rotatable bonds is 5. The van der Waals surface area contributed by atoms with Gasteiger partial charge in [-0.2, -0.15) is 5.10 Å². The number of hydrogen-bond donors (Lipinski definition) is 0. The summed E-state index contributed by atoms with van der Waals surface area (Å²) in [4.78, 5) is 17.2. The average Bonchev–Trinajstić information content (AvgIpc) is 3.04. The van der Waals surface area contributed by atoms with Crippen molar-refractivity contribution >= 4 is 22.6 Å². The fourth-order valence-corrected chi connectivity index (χ4v) is 3.21. The number of esters is 1. The van der Waals surface area contributed by atoms with Crippen LogP contribution in [0.4, 0.5) is 0 Å². The van der Waals surface area contributed by atoms with Crippen molar-refractivity contribution in [2.75, 3.05) is 14.2 Å². The largest absolute Gasteiger partial charge is 0.496 e. The van der Waals surface area contributed by atoms with Gasteiger partial charge in [0.1, 0.15) is 5.76 Å². The predicted octanol–water partition coefficient (Wildman–Crippen LogP) is 4.67. The van der Waals surface area contributed by atoms with Crippen LogP contribution < -0.4 is 0 Å². The van der Waals surface area contributed by atoms with E-state index in [0.717, 1.165) is 48.2 Å². The van der Waals surface area contributed by atoms with Gasteiger partial charge in [0.2, 0.25) is 0 Å². The summed E-state index contributed by atoms with van der Waals surface area (Å²) in [5.41, 5.74) is 3.59. The highest BCUT2D eigenvalue weighted by Gasteiger charge is 2.22. The number of aryl methyl sites for hydroxylation is 2. The zero-order valence-corrected chi connectivity index (χ0v) is 17.1. The standard InChI is InChI=1S/C19H23N3O3.C2H6/c1-5-10-22-18-17(12(2)21-22)14(19(23)25-4)11-15(20-18)13-8-6-7-9-16(13)24-3;1-2/h8-9,11H,5-7,10H2,1-4H3;1-2H3. The fourth-order valence-electron chi connectivity index (χ4n) is 3.21. The first-order valence-electron chi connectivity index (χ1n) is 9.52. The topological polar surface area (TPSA) is 66.2 Å². The number of aromatic nitrogens is 3. The highest BCUT2D eigenvalue weighted by molar-refractivity contribution is 6.04. The third-order valence-electron chi connectivity index (χ3n) is 4.32. The molecule has 1 aliphatic rings. The maximum Gasteiger partial charge on any atom is 0.338 e. The van der Waals surface area contributed by atoms with Crippen LogP contribution >= 0.6 is 0 Å². The molecule has 0 atom stereocenters. The number of pyridine rings is 1. The van der Waals surface area contributed by atoms with Gasteiger partial charge in [0.05, 0.1) is 36.6 Å². The van der Waals surface area contributed by atoms with Crippen molar-refractivity contribution in [1.29, 1.82) is 0 Å². The van der Waals surface area contributed by atoms with Crippen LogP contribution in [0.3, 0.4) is 0 Å². The van der Waals surface area contributed by atoms with Crippen LogP contribution in [-0.2, 0) is 16.0 Å². The Morgan fingerprint density at radius 3 is 2.56 bits per heavy atom. The summed E-state index contributed by atoms with van der Waals surface area (Å²) in [5.74, 6) is 0.402. The average molecular weight is 371 g/mol. The van der Waals surface area contributed by atoms with E-state index >= 15 is 0 Å². The summed E-state index contributed by atoms with van der Waals surface area (Å²) in [6, 6.07) is 1.78. The first-order valence-corrected chi connectivity index (χ1v) is 9.52. The molecule has 0 fully saturated rings. The number of nitrogens with zero attached hydrogens (tertiary/aromatic N) is 3. The van der Waals surface area contributed by atoms with Gasteiger partial charge in [0.25, 0.3) is 0 Å². The smallest absolute Gasteiger partial charge is 0.338 e. The Morgan fingerprint density at radius 1 is 1.22 bits per heavy atom. The SMILES string of the molecule is CC.CCCn1nc(C)c2c(C(=O)OC)cc(C3=CCCC=C3OC)nc21. The first kappa shape index (κ1) is 20.7. The van der Waals surface area contributed by atoms with Gasteiger partial charge in [-0.05, 0) is 38.3 Å². The zero-order valence-electron chi connectivity index (χ0n) is 17.1. The van der Waals surface area contributed by atoms with Crippen LogP contribution in [0, 0.1) is 6.92 Å². The molecule has 2 aromatic heterocycles. The summed E-state index contributed by atoms with van der Waals surface area (Å²) < 4.78 is 12.4. The molecule has 0 N–H and O–H groups in total. The van der Waals surface area contributed by atoms with Gasteiger partial charge in [0.15, 0.2) is 5.65 Å². The van der Waals surface area contributed by atoms with Gasteiger partial charge in [0, 0.05) is 12.1 Å². The lowest BCUT2D eigenvalue weighted by atomic mass is 9.99. The first-order chi connectivity index (χ1) is 13.1. The number of fused-ring (bicyclic) bond motifs is 1. The molecule has 0 spiro atoms. The second-order valence-corrected chi connectivity index (χ2v) is 6.02. The molecule has 6 nitrogen and oxygen atoms in total. The maximum absolute atomic E-state index is 12.4. The third kappa shape index (κ3) is 4.04. The van der Waals surface area contributed by atoms with Gasteiger partial charge in [-0.25, -0.2) is 14.5 Å². The molecule has 0 unspecified atom stereocenters. The van der Waals surface area contributed by atoms with Crippen LogP contribution in [0.1, 0.15) is 61.8 Å². The molecular formula is C21H29N3O3. The molecule has 0 bridgehead atoms. The predicted molar refractivity (Wildman–Crippen MR) is 108 cm³/mol. The lowest BCUT2D eigenvalue weighted by molar-refractivity contribution is 0.0603. The van der Waals surface area contributed by atoms with E-state index in [1.54, 1.807) is 13.2 Å². The summed E-state index contributed by atoms with van der Waals surface area (Å²) in [5, 5.41) is 5.32. The van der Waals surface area contributed by atoms with Gasteiger partial charge in [-0.15, -0.1) is 0 Å². The molecule has 146 valence electrons. The van der Waals surface area contributed by atoms with E-state index in [4.69, 9.17) is 14.5 Å². The quantitative estimate of drug-likeness (QED) is 0.715. The second kappa shape index (κ2) is 9.35. The number of carbonyl (C=O) groups excluding carboxylic acids is 1. The van der Waals surface area contributed by atoms with Crippen LogP contribution in [0.15, 0.2) is 24.0 Å². The summed E-state index contributed by atoms with van der Waals surface area (Å²) in [6.45, 7) is 8.72. The number of hydrogen-bond acceptors (Lipinski definition) is 5. The van der Waals surface area contributed by atoms with Crippen molar-refractivity contribution in [2.45, 2.75) is 53.5 Å². The molecule has 0 aliphatic heterocycles. The Kier molecular flexibility index (Phi) is 7.16. The van der Waals surface area contributed by atoms with Crippen molar-refractivity contribution in [3.8, 4) is 0 Å².